The van der Waals surface area contributed by atoms with Gasteiger partial charge < -0.3 is 5.11 Å². The molecule has 0 aliphatic rings. The van der Waals surface area contributed by atoms with Gasteiger partial charge in [0, 0.05) is 29.4 Å². The molecule has 101 valence electrons. The van der Waals surface area contributed by atoms with E-state index < -0.39 is 18.2 Å². The van der Waals surface area contributed by atoms with Gasteiger partial charge in [0.2, 0.25) is 0 Å². The maximum atomic E-state index is 12.1. The molecule has 0 saturated heterocycles. The number of aliphatic hydroxyl groups is 1. The molecule has 0 spiro atoms. The predicted octanol–water partition coefficient (Wildman–Crippen LogP) is 2.42. The molecule has 0 aromatic carbocycles. The SMILES string of the molecule is CCN(CC(C)(O)CC(F)(F)F)C(C)C.[Co]. The zero-order chi connectivity index (χ0) is 12.3. The molecule has 6 heteroatoms. The van der Waals surface area contributed by atoms with Crippen LogP contribution >= 0.6 is 0 Å². The number of halogens is 3. The summed E-state index contributed by atoms with van der Waals surface area (Å²) >= 11 is 0. The maximum absolute atomic E-state index is 12.1. The third kappa shape index (κ3) is 8.38. The second kappa shape index (κ2) is 6.83. The third-order valence-corrected chi connectivity index (χ3v) is 2.26. The van der Waals surface area contributed by atoms with E-state index in [2.05, 4.69) is 0 Å². The van der Waals surface area contributed by atoms with Gasteiger partial charge in [0.15, 0.2) is 0 Å². The molecule has 0 fully saturated rings. The molecule has 0 aromatic rings. The molecule has 0 rings (SSSR count). The number of hydrogen-bond donors (Lipinski definition) is 1. The minimum absolute atomic E-state index is 0. The van der Waals surface area contributed by atoms with Gasteiger partial charge in [-0.1, -0.05) is 6.92 Å². The van der Waals surface area contributed by atoms with Gasteiger partial charge in [0.1, 0.15) is 0 Å². The van der Waals surface area contributed by atoms with Crippen molar-refractivity contribution in [2.75, 3.05) is 13.1 Å². The van der Waals surface area contributed by atoms with Crippen LogP contribution in [-0.4, -0.2) is 40.9 Å². The maximum Gasteiger partial charge on any atom is 0.391 e. The van der Waals surface area contributed by atoms with Gasteiger partial charge in [-0.2, -0.15) is 13.2 Å². The number of alkyl halides is 3. The molecule has 0 aliphatic heterocycles. The second-order valence-electron chi connectivity index (χ2n) is 4.45. The van der Waals surface area contributed by atoms with E-state index in [1.165, 1.54) is 6.92 Å². The average Bonchev–Trinajstić information content (AvgIpc) is 1.94. The zero-order valence-electron chi connectivity index (χ0n) is 10.1. The Hall–Kier alpha value is 0.216. The molecule has 1 radical (unpaired) electrons. The Kier molecular flexibility index (Phi) is 7.93. The summed E-state index contributed by atoms with van der Waals surface area (Å²) in [5.74, 6) is 0. The van der Waals surface area contributed by atoms with E-state index in [1.54, 1.807) is 0 Å². The van der Waals surface area contributed by atoms with Crippen LogP contribution in [0.2, 0.25) is 0 Å². The summed E-state index contributed by atoms with van der Waals surface area (Å²) < 4.78 is 36.4. The Morgan fingerprint density at radius 3 is 1.94 bits per heavy atom. The fraction of sp³-hybridized carbons (Fsp3) is 1.00. The van der Waals surface area contributed by atoms with E-state index in [4.69, 9.17) is 0 Å². The van der Waals surface area contributed by atoms with Crippen LogP contribution in [0.25, 0.3) is 0 Å². The van der Waals surface area contributed by atoms with Crippen LogP contribution in [0.4, 0.5) is 13.2 Å². The molecule has 2 nitrogen and oxygen atoms in total. The molecule has 0 aliphatic carbocycles. The number of nitrogens with zero attached hydrogens (tertiary/aromatic N) is 1. The van der Waals surface area contributed by atoms with Crippen molar-refractivity contribution in [3.05, 3.63) is 0 Å². The third-order valence-electron chi connectivity index (χ3n) is 2.26. The Balaban J connectivity index is 0. The fourth-order valence-corrected chi connectivity index (χ4v) is 1.58. The normalized spacial score (nSPS) is 16.1. The van der Waals surface area contributed by atoms with Crippen LogP contribution < -0.4 is 0 Å². The Morgan fingerprint density at radius 1 is 1.25 bits per heavy atom. The molecule has 0 saturated carbocycles. The number of rotatable bonds is 5. The van der Waals surface area contributed by atoms with Crippen molar-refractivity contribution in [1.82, 2.24) is 4.90 Å². The first-order valence-corrected chi connectivity index (χ1v) is 5.10. The molecular formula is C10H20CoF3NO. The van der Waals surface area contributed by atoms with E-state index in [0.29, 0.717) is 6.54 Å². The molecule has 1 N–H and O–H groups in total. The van der Waals surface area contributed by atoms with E-state index in [0.717, 1.165) is 0 Å². The standard InChI is InChI=1S/C10H20F3NO.Co/c1-5-14(8(2)3)7-9(4,15)6-10(11,12)13;/h8,15H,5-7H2,1-4H3;. The van der Waals surface area contributed by atoms with Gasteiger partial charge in [-0.25, -0.2) is 0 Å². The fourth-order valence-electron chi connectivity index (χ4n) is 1.58. The summed E-state index contributed by atoms with van der Waals surface area (Å²) in [6, 6.07) is 0.134. The summed E-state index contributed by atoms with van der Waals surface area (Å²) in [5, 5.41) is 9.64. The summed E-state index contributed by atoms with van der Waals surface area (Å²) in [4.78, 5) is 1.81. The van der Waals surface area contributed by atoms with Gasteiger partial charge in [0.05, 0.1) is 12.0 Å². The minimum Gasteiger partial charge on any atom is -0.388 e. The average molecular weight is 286 g/mol. The van der Waals surface area contributed by atoms with Crippen LogP contribution in [0.15, 0.2) is 0 Å². The van der Waals surface area contributed by atoms with Crippen LogP contribution in [0.5, 0.6) is 0 Å². The molecule has 1 atom stereocenters. The van der Waals surface area contributed by atoms with Crippen molar-refractivity contribution in [2.45, 2.75) is 51.9 Å². The Morgan fingerprint density at radius 2 is 1.69 bits per heavy atom. The van der Waals surface area contributed by atoms with Gasteiger partial charge in [0.25, 0.3) is 0 Å². The number of likely N-dealkylation sites (N-methyl/N-ethyl adjacent to an activating group) is 1. The van der Waals surface area contributed by atoms with E-state index in [1.807, 2.05) is 25.7 Å². The monoisotopic (exact) mass is 286 g/mol. The van der Waals surface area contributed by atoms with Crippen LogP contribution in [-0.2, 0) is 16.8 Å². The van der Waals surface area contributed by atoms with Crippen LogP contribution in [0.3, 0.4) is 0 Å². The summed E-state index contributed by atoms with van der Waals surface area (Å²) in [6.07, 6.45) is -5.48. The quantitative estimate of drug-likeness (QED) is 0.839. The van der Waals surface area contributed by atoms with E-state index in [-0.39, 0.29) is 29.4 Å². The van der Waals surface area contributed by atoms with Crippen LogP contribution in [0.1, 0.15) is 34.1 Å². The molecule has 0 amide bonds. The van der Waals surface area contributed by atoms with Crippen molar-refractivity contribution >= 4 is 0 Å². The summed E-state index contributed by atoms with van der Waals surface area (Å²) in [7, 11) is 0. The van der Waals surface area contributed by atoms with Gasteiger partial charge in [-0.05, 0) is 27.3 Å². The van der Waals surface area contributed by atoms with E-state index >= 15 is 0 Å². The van der Waals surface area contributed by atoms with Gasteiger partial charge in [-0.15, -0.1) is 0 Å². The predicted molar refractivity (Wildman–Crippen MR) is 53.7 cm³/mol. The van der Waals surface area contributed by atoms with Crippen molar-refractivity contribution in [3.63, 3.8) is 0 Å². The van der Waals surface area contributed by atoms with Crippen molar-refractivity contribution in [1.29, 1.82) is 0 Å². The Labute approximate surface area is 105 Å². The van der Waals surface area contributed by atoms with Crippen molar-refractivity contribution in [3.8, 4) is 0 Å². The summed E-state index contributed by atoms with van der Waals surface area (Å²) in [5.41, 5.74) is -1.71. The molecule has 0 bridgehead atoms. The van der Waals surface area contributed by atoms with Crippen molar-refractivity contribution in [2.24, 2.45) is 0 Å². The summed E-state index contributed by atoms with van der Waals surface area (Å²) in [6.45, 7) is 7.56. The second-order valence-corrected chi connectivity index (χ2v) is 4.45. The van der Waals surface area contributed by atoms with Crippen LogP contribution in [0, 0.1) is 0 Å². The first kappa shape index (κ1) is 18.6. The Bertz CT molecular complexity index is 195. The molecule has 0 aromatic heterocycles. The topological polar surface area (TPSA) is 23.5 Å². The van der Waals surface area contributed by atoms with E-state index in [9.17, 15) is 18.3 Å². The first-order chi connectivity index (χ1) is 6.57. The largest absolute Gasteiger partial charge is 0.391 e. The first-order valence-electron chi connectivity index (χ1n) is 5.10. The smallest absolute Gasteiger partial charge is 0.388 e. The van der Waals surface area contributed by atoms with Gasteiger partial charge >= 0.3 is 6.18 Å². The van der Waals surface area contributed by atoms with Gasteiger partial charge in [-0.3, -0.25) is 4.90 Å². The number of hydrogen-bond acceptors (Lipinski definition) is 2. The zero-order valence-corrected chi connectivity index (χ0v) is 11.1. The van der Waals surface area contributed by atoms with Crippen molar-refractivity contribution < 1.29 is 35.1 Å². The molecule has 1 unspecified atom stereocenters. The molecule has 0 heterocycles. The minimum atomic E-state index is -4.32. The molecular weight excluding hydrogens is 266 g/mol. The molecule has 16 heavy (non-hydrogen) atoms.